The molecule has 7 heteroatoms. The van der Waals surface area contributed by atoms with Crippen molar-refractivity contribution in [3.05, 3.63) is 89.5 Å². The van der Waals surface area contributed by atoms with Crippen LogP contribution in [0.4, 0.5) is 5.69 Å². The number of carbonyl (C=O) groups is 3. The minimum atomic E-state index is -1.01. The van der Waals surface area contributed by atoms with Crippen molar-refractivity contribution in [1.82, 2.24) is 4.90 Å². The minimum absolute atomic E-state index is 0.207. The number of carboxylic acids is 1. The molecule has 3 rings (SSSR count). The molecule has 0 bridgehead atoms. The topological polar surface area (TPSA) is 95.9 Å². The van der Waals surface area contributed by atoms with Crippen LogP contribution < -0.4 is 10.1 Å². The van der Waals surface area contributed by atoms with Crippen molar-refractivity contribution in [1.29, 1.82) is 0 Å². The van der Waals surface area contributed by atoms with Gasteiger partial charge in [0.05, 0.1) is 23.2 Å². The number of rotatable bonds is 7. The largest absolute Gasteiger partial charge is 0.481 e. The SMILES string of the molecule is CN(C)C(=O)c1cc(CC(=O)O)ccc1NC(=O)c1ccccc1Oc1ccccc1. The number of hydrogen-bond acceptors (Lipinski definition) is 4. The van der Waals surface area contributed by atoms with Gasteiger partial charge >= 0.3 is 5.97 Å². The fourth-order valence-corrected chi connectivity index (χ4v) is 2.95. The number of carboxylic acid groups (broad SMARTS) is 1. The number of nitrogens with zero attached hydrogens (tertiary/aromatic N) is 1. The Morgan fingerprint density at radius 3 is 2.26 bits per heavy atom. The van der Waals surface area contributed by atoms with Crippen LogP contribution in [0.1, 0.15) is 26.3 Å². The summed E-state index contributed by atoms with van der Waals surface area (Å²) >= 11 is 0. The summed E-state index contributed by atoms with van der Waals surface area (Å²) in [5, 5.41) is 11.8. The molecular formula is C24H22N2O5. The van der Waals surface area contributed by atoms with Crippen molar-refractivity contribution >= 4 is 23.5 Å². The molecule has 0 atom stereocenters. The number of para-hydroxylation sites is 2. The molecule has 7 nitrogen and oxygen atoms in total. The van der Waals surface area contributed by atoms with Crippen molar-refractivity contribution in [3.63, 3.8) is 0 Å². The predicted molar refractivity (Wildman–Crippen MR) is 117 cm³/mol. The zero-order valence-corrected chi connectivity index (χ0v) is 17.2. The third-order valence-corrected chi connectivity index (χ3v) is 4.43. The molecule has 0 aliphatic rings. The first-order valence-corrected chi connectivity index (χ1v) is 9.55. The maximum Gasteiger partial charge on any atom is 0.307 e. The predicted octanol–water partition coefficient (Wildman–Crippen LogP) is 4.06. The first-order chi connectivity index (χ1) is 14.8. The Kier molecular flexibility index (Phi) is 6.67. The molecule has 31 heavy (non-hydrogen) atoms. The van der Waals surface area contributed by atoms with Crippen molar-refractivity contribution in [3.8, 4) is 11.5 Å². The number of aliphatic carboxylic acids is 1. The zero-order valence-electron chi connectivity index (χ0n) is 17.2. The molecule has 0 aliphatic heterocycles. The van der Waals surface area contributed by atoms with Crippen LogP contribution in [0.15, 0.2) is 72.8 Å². The summed E-state index contributed by atoms with van der Waals surface area (Å²) < 4.78 is 5.85. The Bertz CT molecular complexity index is 1110. The highest BCUT2D eigenvalue weighted by molar-refractivity contribution is 6.10. The second kappa shape index (κ2) is 9.58. The summed E-state index contributed by atoms with van der Waals surface area (Å²) in [4.78, 5) is 38.1. The molecular weight excluding hydrogens is 396 g/mol. The average Bonchev–Trinajstić information content (AvgIpc) is 2.75. The second-order valence-electron chi connectivity index (χ2n) is 7.02. The van der Waals surface area contributed by atoms with Gasteiger partial charge < -0.3 is 20.1 Å². The summed E-state index contributed by atoms with van der Waals surface area (Å²) in [6.45, 7) is 0. The number of hydrogen-bond donors (Lipinski definition) is 2. The Morgan fingerprint density at radius 1 is 0.903 bits per heavy atom. The van der Waals surface area contributed by atoms with Crippen LogP contribution in [-0.4, -0.2) is 41.9 Å². The molecule has 0 heterocycles. The van der Waals surface area contributed by atoms with E-state index in [-0.39, 0.29) is 23.6 Å². The molecule has 0 aliphatic carbocycles. The van der Waals surface area contributed by atoms with Gasteiger partial charge in [-0.2, -0.15) is 0 Å². The summed E-state index contributed by atoms with van der Waals surface area (Å²) in [6, 6.07) is 20.5. The Balaban J connectivity index is 1.91. The van der Waals surface area contributed by atoms with Gasteiger partial charge in [0.25, 0.3) is 11.8 Å². The maximum absolute atomic E-state index is 13.0. The molecule has 0 saturated heterocycles. The van der Waals surface area contributed by atoms with E-state index in [9.17, 15) is 14.4 Å². The highest BCUT2D eigenvalue weighted by Crippen LogP contribution is 2.27. The molecule has 2 N–H and O–H groups in total. The van der Waals surface area contributed by atoms with Gasteiger partial charge in [0.15, 0.2) is 0 Å². The Morgan fingerprint density at radius 2 is 1.58 bits per heavy atom. The van der Waals surface area contributed by atoms with Crippen molar-refractivity contribution in [2.24, 2.45) is 0 Å². The first-order valence-electron chi connectivity index (χ1n) is 9.55. The lowest BCUT2D eigenvalue weighted by molar-refractivity contribution is -0.136. The van der Waals surface area contributed by atoms with E-state index >= 15 is 0 Å². The molecule has 158 valence electrons. The van der Waals surface area contributed by atoms with Gasteiger partial charge in [-0.25, -0.2) is 0 Å². The van der Waals surface area contributed by atoms with E-state index in [1.165, 1.54) is 17.0 Å². The van der Waals surface area contributed by atoms with Crippen LogP contribution in [-0.2, 0) is 11.2 Å². The smallest absolute Gasteiger partial charge is 0.307 e. The lowest BCUT2D eigenvalue weighted by Gasteiger charge is -2.17. The second-order valence-corrected chi connectivity index (χ2v) is 7.02. The van der Waals surface area contributed by atoms with Crippen LogP contribution in [0.3, 0.4) is 0 Å². The van der Waals surface area contributed by atoms with E-state index in [0.717, 1.165) is 0 Å². The quantitative estimate of drug-likeness (QED) is 0.603. The monoisotopic (exact) mass is 418 g/mol. The Hall–Kier alpha value is -4.13. The Labute approximate surface area is 179 Å². The van der Waals surface area contributed by atoms with Gasteiger partial charge in [-0.3, -0.25) is 14.4 Å². The number of amides is 2. The van der Waals surface area contributed by atoms with Crippen molar-refractivity contribution in [2.45, 2.75) is 6.42 Å². The normalized spacial score (nSPS) is 10.3. The van der Waals surface area contributed by atoms with Crippen molar-refractivity contribution in [2.75, 3.05) is 19.4 Å². The molecule has 3 aromatic rings. The number of anilines is 1. The van der Waals surface area contributed by atoms with Gasteiger partial charge in [0.1, 0.15) is 11.5 Å². The standard InChI is InChI=1S/C24H22N2O5/c1-26(2)24(30)19-14-16(15-22(27)28)12-13-20(19)25-23(29)18-10-6-7-11-21(18)31-17-8-4-3-5-9-17/h3-14H,15H2,1-2H3,(H,25,29)(H,27,28). The number of carbonyl (C=O) groups excluding carboxylic acids is 2. The summed E-state index contributed by atoms with van der Waals surface area (Å²) in [5.41, 5.74) is 1.25. The van der Waals surface area contributed by atoms with Crippen LogP contribution >= 0.6 is 0 Å². The molecule has 0 radical (unpaired) electrons. The van der Waals surface area contributed by atoms with Crippen molar-refractivity contribution < 1.29 is 24.2 Å². The molecule has 2 amide bonds. The fraction of sp³-hybridized carbons (Fsp3) is 0.125. The van der Waals surface area contributed by atoms with E-state index in [0.29, 0.717) is 22.6 Å². The molecule has 0 spiro atoms. The first kappa shape index (κ1) is 21.6. The van der Waals surface area contributed by atoms with Gasteiger partial charge in [0.2, 0.25) is 0 Å². The lowest BCUT2D eigenvalue weighted by Crippen LogP contribution is -2.24. The average molecular weight is 418 g/mol. The maximum atomic E-state index is 13.0. The summed E-state index contributed by atoms with van der Waals surface area (Å²) in [6.07, 6.45) is -0.227. The minimum Gasteiger partial charge on any atom is -0.481 e. The number of ether oxygens (including phenoxy) is 1. The molecule has 0 saturated carbocycles. The third kappa shape index (κ3) is 5.48. The van der Waals surface area contributed by atoms with Gasteiger partial charge in [-0.15, -0.1) is 0 Å². The third-order valence-electron chi connectivity index (χ3n) is 4.43. The highest BCUT2D eigenvalue weighted by atomic mass is 16.5. The van der Waals surface area contributed by atoms with Crippen LogP contribution in [0, 0.1) is 0 Å². The molecule has 0 fully saturated rings. The zero-order chi connectivity index (χ0) is 22.4. The summed E-state index contributed by atoms with van der Waals surface area (Å²) in [7, 11) is 3.17. The van der Waals surface area contributed by atoms with Gasteiger partial charge in [-0.1, -0.05) is 36.4 Å². The lowest BCUT2D eigenvalue weighted by atomic mass is 10.0. The fourth-order valence-electron chi connectivity index (χ4n) is 2.95. The highest BCUT2D eigenvalue weighted by Gasteiger charge is 2.19. The van der Waals surface area contributed by atoms with E-state index in [4.69, 9.17) is 9.84 Å². The summed E-state index contributed by atoms with van der Waals surface area (Å²) in [5.74, 6) is -0.855. The molecule has 0 unspecified atom stereocenters. The van der Waals surface area contributed by atoms with Gasteiger partial charge in [0, 0.05) is 14.1 Å². The van der Waals surface area contributed by atoms with E-state index in [1.54, 1.807) is 56.6 Å². The van der Waals surface area contributed by atoms with E-state index in [2.05, 4.69) is 5.32 Å². The van der Waals surface area contributed by atoms with E-state index < -0.39 is 11.9 Å². The van der Waals surface area contributed by atoms with Crippen LogP contribution in [0.5, 0.6) is 11.5 Å². The van der Waals surface area contributed by atoms with Crippen LogP contribution in [0.2, 0.25) is 0 Å². The number of nitrogens with one attached hydrogen (secondary N) is 1. The molecule has 0 aromatic heterocycles. The van der Waals surface area contributed by atoms with Gasteiger partial charge in [-0.05, 0) is 42.0 Å². The van der Waals surface area contributed by atoms with Crippen LogP contribution in [0.25, 0.3) is 0 Å². The van der Waals surface area contributed by atoms with E-state index in [1.807, 2.05) is 18.2 Å². The number of benzene rings is 3. The molecule has 3 aromatic carbocycles.